The molecule has 2 aliphatic rings. The second-order valence-electron chi connectivity index (χ2n) is 5.55. The molecular weight excluding hydrogens is 240 g/mol. The molecule has 0 bridgehead atoms. The predicted octanol–water partition coefficient (Wildman–Crippen LogP) is 2.01. The van der Waals surface area contributed by atoms with Crippen LogP contribution in [-0.2, 0) is 4.79 Å². The van der Waals surface area contributed by atoms with Gasteiger partial charge in [-0.2, -0.15) is 0 Å². The van der Waals surface area contributed by atoms with Gasteiger partial charge in [-0.1, -0.05) is 12.1 Å². The average molecular weight is 260 g/mol. The van der Waals surface area contributed by atoms with Crippen LogP contribution in [-0.4, -0.2) is 19.1 Å². The molecule has 2 atom stereocenters. The SMILES string of the molecule is NCCOc1ccccc1NC(=O)C1CC2CC2C1. The highest BCUT2D eigenvalue weighted by atomic mass is 16.5. The third-order valence-corrected chi connectivity index (χ3v) is 4.13. The van der Waals surface area contributed by atoms with Crippen molar-refractivity contribution in [1.29, 1.82) is 0 Å². The van der Waals surface area contributed by atoms with Crippen LogP contribution in [0.15, 0.2) is 24.3 Å². The molecule has 0 heterocycles. The molecule has 0 saturated heterocycles. The fourth-order valence-electron chi connectivity index (χ4n) is 3.03. The zero-order valence-electron chi connectivity index (χ0n) is 11.0. The van der Waals surface area contributed by atoms with Crippen molar-refractivity contribution in [1.82, 2.24) is 0 Å². The van der Waals surface area contributed by atoms with E-state index in [9.17, 15) is 4.79 Å². The second kappa shape index (κ2) is 5.21. The minimum atomic E-state index is 0.135. The lowest BCUT2D eigenvalue weighted by molar-refractivity contribution is -0.120. The van der Waals surface area contributed by atoms with E-state index in [-0.39, 0.29) is 11.8 Å². The summed E-state index contributed by atoms with van der Waals surface area (Å²) in [5.74, 6) is 2.66. The molecule has 102 valence electrons. The van der Waals surface area contributed by atoms with Crippen molar-refractivity contribution < 1.29 is 9.53 Å². The van der Waals surface area contributed by atoms with Crippen LogP contribution in [0.4, 0.5) is 5.69 Å². The van der Waals surface area contributed by atoms with Crippen LogP contribution in [0.3, 0.4) is 0 Å². The molecule has 3 rings (SSSR count). The van der Waals surface area contributed by atoms with Gasteiger partial charge >= 0.3 is 0 Å². The lowest BCUT2D eigenvalue weighted by Crippen LogP contribution is -2.22. The van der Waals surface area contributed by atoms with Gasteiger partial charge in [0.1, 0.15) is 12.4 Å². The number of carbonyl (C=O) groups excluding carboxylic acids is 1. The number of ether oxygens (including phenoxy) is 1. The van der Waals surface area contributed by atoms with Crippen molar-refractivity contribution >= 4 is 11.6 Å². The number of anilines is 1. The van der Waals surface area contributed by atoms with E-state index in [0.717, 1.165) is 30.4 Å². The minimum absolute atomic E-state index is 0.135. The maximum atomic E-state index is 12.2. The van der Waals surface area contributed by atoms with Crippen molar-refractivity contribution in [2.45, 2.75) is 19.3 Å². The molecule has 4 nitrogen and oxygen atoms in total. The molecule has 2 aliphatic carbocycles. The topological polar surface area (TPSA) is 64.3 Å². The minimum Gasteiger partial charge on any atom is -0.490 e. The predicted molar refractivity (Wildman–Crippen MR) is 73.9 cm³/mol. The van der Waals surface area contributed by atoms with E-state index in [2.05, 4.69) is 5.32 Å². The Morgan fingerprint density at radius 3 is 2.74 bits per heavy atom. The standard InChI is InChI=1S/C15H20N2O2/c16-5-6-19-14-4-2-1-3-13(14)17-15(18)12-8-10-7-11(10)9-12/h1-4,10-12H,5-9,16H2,(H,17,18). The highest BCUT2D eigenvalue weighted by molar-refractivity contribution is 5.94. The number of hydrogen-bond acceptors (Lipinski definition) is 3. The van der Waals surface area contributed by atoms with Gasteiger partial charge in [0, 0.05) is 12.5 Å². The van der Waals surface area contributed by atoms with E-state index in [1.165, 1.54) is 6.42 Å². The molecule has 0 aromatic heterocycles. The van der Waals surface area contributed by atoms with Crippen molar-refractivity contribution in [3.05, 3.63) is 24.3 Å². The summed E-state index contributed by atoms with van der Waals surface area (Å²) < 4.78 is 5.54. The number of nitrogens with one attached hydrogen (secondary N) is 1. The monoisotopic (exact) mass is 260 g/mol. The summed E-state index contributed by atoms with van der Waals surface area (Å²) in [5.41, 5.74) is 6.19. The van der Waals surface area contributed by atoms with Crippen LogP contribution in [0.25, 0.3) is 0 Å². The Bertz CT molecular complexity index is 465. The first-order chi connectivity index (χ1) is 9.28. The van der Waals surface area contributed by atoms with E-state index in [1.54, 1.807) is 0 Å². The molecule has 2 fully saturated rings. The Morgan fingerprint density at radius 1 is 1.26 bits per heavy atom. The summed E-state index contributed by atoms with van der Waals surface area (Å²) in [4.78, 5) is 12.2. The molecule has 2 saturated carbocycles. The highest BCUT2D eigenvalue weighted by Crippen LogP contribution is 2.54. The second-order valence-corrected chi connectivity index (χ2v) is 5.55. The largest absolute Gasteiger partial charge is 0.490 e. The van der Waals surface area contributed by atoms with Gasteiger partial charge < -0.3 is 15.8 Å². The summed E-state index contributed by atoms with van der Waals surface area (Å²) in [7, 11) is 0. The van der Waals surface area contributed by atoms with Crippen LogP contribution in [0.2, 0.25) is 0 Å². The van der Waals surface area contributed by atoms with E-state index < -0.39 is 0 Å². The Hall–Kier alpha value is -1.55. The summed E-state index contributed by atoms with van der Waals surface area (Å²) >= 11 is 0. The van der Waals surface area contributed by atoms with E-state index in [0.29, 0.717) is 18.9 Å². The molecule has 0 radical (unpaired) electrons. The number of carbonyl (C=O) groups is 1. The maximum absolute atomic E-state index is 12.2. The summed E-state index contributed by atoms with van der Waals surface area (Å²) in [6.07, 6.45) is 3.45. The number of para-hydroxylation sites is 2. The number of fused-ring (bicyclic) bond motifs is 1. The van der Waals surface area contributed by atoms with Crippen molar-refractivity contribution in [2.24, 2.45) is 23.5 Å². The Labute approximate surface area is 113 Å². The van der Waals surface area contributed by atoms with Crippen molar-refractivity contribution in [3.63, 3.8) is 0 Å². The van der Waals surface area contributed by atoms with Gasteiger partial charge in [-0.15, -0.1) is 0 Å². The third kappa shape index (κ3) is 2.73. The van der Waals surface area contributed by atoms with Crippen LogP contribution < -0.4 is 15.8 Å². The first-order valence-corrected chi connectivity index (χ1v) is 7.00. The summed E-state index contributed by atoms with van der Waals surface area (Å²) in [5, 5.41) is 3.00. The van der Waals surface area contributed by atoms with Gasteiger partial charge in [0.15, 0.2) is 0 Å². The molecule has 1 aromatic carbocycles. The van der Waals surface area contributed by atoms with Gasteiger partial charge in [-0.25, -0.2) is 0 Å². The van der Waals surface area contributed by atoms with Gasteiger partial charge in [0.25, 0.3) is 0 Å². The van der Waals surface area contributed by atoms with Crippen LogP contribution >= 0.6 is 0 Å². The van der Waals surface area contributed by atoms with Crippen molar-refractivity contribution in [2.75, 3.05) is 18.5 Å². The molecule has 1 amide bonds. The third-order valence-electron chi connectivity index (χ3n) is 4.13. The summed E-state index contributed by atoms with van der Waals surface area (Å²) in [6.45, 7) is 0.925. The van der Waals surface area contributed by atoms with Gasteiger partial charge in [-0.3, -0.25) is 4.79 Å². The molecule has 1 aromatic rings. The van der Waals surface area contributed by atoms with Gasteiger partial charge in [0.2, 0.25) is 5.91 Å². The molecule has 19 heavy (non-hydrogen) atoms. The normalized spacial score (nSPS) is 27.7. The maximum Gasteiger partial charge on any atom is 0.227 e. The molecule has 0 aliphatic heterocycles. The zero-order chi connectivity index (χ0) is 13.2. The Balaban J connectivity index is 1.63. The molecule has 4 heteroatoms. The first-order valence-electron chi connectivity index (χ1n) is 7.00. The Morgan fingerprint density at radius 2 is 2.00 bits per heavy atom. The number of benzene rings is 1. The van der Waals surface area contributed by atoms with Crippen LogP contribution in [0.1, 0.15) is 19.3 Å². The van der Waals surface area contributed by atoms with Crippen LogP contribution in [0, 0.1) is 17.8 Å². The summed E-state index contributed by atoms with van der Waals surface area (Å²) in [6, 6.07) is 7.53. The molecular formula is C15H20N2O2. The fraction of sp³-hybridized carbons (Fsp3) is 0.533. The number of nitrogens with two attached hydrogens (primary N) is 1. The number of rotatable bonds is 5. The number of amides is 1. The molecule has 2 unspecified atom stereocenters. The van der Waals surface area contributed by atoms with Crippen LogP contribution in [0.5, 0.6) is 5.75 Å². The smallest absolute Gasteiger partial charge is 0.227 e. The quantitative estimate of drug-likeness (QED) is 0.851. The average Bonchev–Trinajstić information content (AvgIpc) is 3.04. The fourth-order valence-corrected chi connectivity index (χ4v) is 3.03. The van der Waals surface area contributed by atoms with Gasteiger partial charge in [0.05, 0.1) is 5.69 Å². The van der Waals surface area contributed by atoms with Crippen molar-refractivity contribution in [3.8, 4) is 5.75 Å². The van der Waals surface area contributed by atoms with Gasteiger partial charge in [-0.05, 0) is 43.2 Å². The molecule has 3 N–H and O–H groups in total. The first kappa shape index (κ1) is 12.5. The van der Waals surface area contributed by atoms with E-state index in [1.807, 2.05) is 24.3 Å². The number of hydrogen-bond donors (Lipinski definition) is 2. The zero-order valence-corrected chi connectivity index (χ0v) is 11.0. The lowest BCUT2D eigenvalue weighted by Gasteiger charge is -2.15. The van der Waals surface area contributed by atoms with E-state index >= 15 is 0 Å². The Kier molecular flexibility index (Phi) is 3.42. The highest BCUT2D eigenvalue weighted by Gasteiger charge is 2.48. The van der Waals surface area contributed by atoms with E-state index in [4.69, 9.17) is 10.5 Å². The molecule has 0 spiro atoms. The lowest BCUT2D eigenvalue weighted by atomic mass is 10.0.